The minimum absolute atomic E-state index is 0.375. The van der Waals surface area contributed by atoms with Crippen molar-refractivity contribution in [2.45, 2.75) is 32.2 Å². The molecule has 0 unspecified atom stereocenters. The average Bonchev–Trinajstić information content (AvgIpc) is 2.18. The van der Waals surface area contributed by atoms with Crippen molar-refractivity contribution in [3.05, 3.63) is 0 Å². The smallest absolute Gasteiger partial charge is 0.0346 e. The highest BCUT2D eigenvalue weighted by atomic mass is 15.2. The Balaban J connectivity index is 2.24. The zero-order valence-corrected chi connectivity index (χ0v) is 8.48. The summed E-state index contributed by atoms with van der Waals surface area (Å²) in [6.07, 6.45) is 2.74. The molecule has 2 fully saturated rings. The third kappa shape index (κ3) is 1.01. The summed E-state index contributed by atoms with van der Waals surface area (Å²) in [5.74, 6) is 0. The van der Waals surface area contributed by atoms with Crippen LogP contribution in [0.15, 0.2) is 0 Å². The molecule has 0 aromatic heterocycles. The van der Waals surface area contributed by atoms with E-state index < -0.39 is 0 Å². The molecule has 2 heteroatoms. The molecular formula is C10H20N2. The van der Waals surface area contributed by atoms with Gasteiger partial charge >= 0.3 is 0 Å². The van der Waals surface area contributed by atoms with Crippen LogP contribution >= 0.6 is 0 Å². The fourth-order valence-electron chi connectivity index (χ4n) is 3.02. The van der Waals surface area contributed by atoms with Crippen molar-refractivity contribution in [3.8, 4) is 0 Å². The van der Waals surface area contributed by atoms with E-state index in [2.05, 4.69) is 31.1 Å². The Morgan fingerprint density at radius 3 is 2.67 bits per heavy atom. The van der Waals surface area contributed by atoms with Gasteiger partial charge in [-0.05, 0) is 38.8 Å². The summed E-state index contributed by atoms with van der Waals surface area (Å²) in [5.41, 5.74) is 0.889. The number of nitrogens with zero attached hydrogens (tertiary/aromatic N) is 1. The molecule has 0 bridgehead atoms. The van der Waals surface area contributed by atoms with Crippen LogP contribution in [-0.2, 0) is 0 Å². The monoisotopic (exact) mass is 168 g/mol. The predicted octanol–water partition coefficient (Wildman–Crippen LogP) is 1.08. The van der Waals surface area contributed by atoms with Crippen LogP contribution in [0.3, 0.4) is 0 Å². The number of nitrogens with one attached hydrogen (secondary N) is 1. The topological polar surface area (TPSA) is 15.3 Å². The Labute approximate surface area is 75.3 Å². The molecule has 0 radical (unpaired) electrons. The first kappa shape index (κ1) is 8.52. The van der Waals surface area contributed by atoms with Gasteiger partial charge in [0.05, 0.1) is 0 Å². The minimum Gasteiger partial charge on any atom is -0.310 e. The molecule has 2 aliphatic heterocycles. The third-order valence-corrected chi connectivity index (χ3v) is 3.96. The summed E-state index contributed by atoms with van der Waals surface area (Å²) < 4.78 is 0. The van der Waals surface area contributed by atoms with Gasteiger partial charge < -0.3 is 10.2 Å². The maximum Gasteiger partial charge on any atom is 0.0346 e. The lowest BCUT2D eigenvalue weighted by atomic mass is 9.69. The van der Waals surface area contributed by atoms with Gasteiger partial charge in [-0.15, -0.1) is 0 Å². The highest BCUT2D eigenvalue weighted by molar-refractivity contribution is 5.09. The zero-order valence-electron chi connectivity index (χ0n) is 8.48. The van der Waals surface area contributed by atoms with E-state index in [1.165, 1.54) is 32.5 Å². The molecule has 2 nitrogen and oxygen atoms in total. The van der Waals surface area contributed by atoms with E-state index in [4.69, 9.17) is 0 Å². The van der Waals surface area contributed by atoms with Gasteiger partial charge in [0.1, 0.15) is 0 Å². The molecule has 0 amide bonds. The molecule has 2 rings (SSSR count). The van der Waals surface area contributed by atoms with Gasteiger partial charge in [0.2, 0.25) is 0 Å². The normalized spacial score (nSPS) is 49.2. The van der Waals surface area contributed by atoms with Crippen LogP contribution in [0.1, 0.15) is 26.7 Å². The second-order valence-electron chi connectivity index (χ2n) is 5.10. The van der Waals surface area contributed by atoms with Gasteiger partial charge in [0, 0.05) is 18.6 Å². The first-order chi connectivity index (χ1) is 5.56. The Morgan fingerprint density at radius 1 is 1.25 bits per heavy atom. The van der Waals surface area contributed by atoms with Crippen LogP contribution in [0.2, 0.25) is 0 Å². The summed E-state index contributed by atoms with van der Waals surface area (Å²) >= 11 is 0. The highest BCUT2D eigenvalue weighted by Gasteiger charge is 2.51. The van der Waals surface area contributed by atoms with Gasteiger partial charge in [-0.1, -0.05) is 6.92 Å². The van der Waals surface area contributed by atoms with Crippen LogP contribution in [0.5, 0.6) is 0 Å². The Bertz CT molecular complexity index is 172. The Hall–Kier alpha value is -0.0800. The van der Waals surface area contributed by atoms with Gasteiger partial charge in [0.15, 0.2) is 0 Å². The highest BCUT2D eigenvalue weighted by Crippen LogP contribution is 2.44. The second kappa shape index (κ2) is 2.46. The van der Waals surface area contributed by atoms with Crippen molar-refractivity contribution in [3.63, 3.8) is 0 Å². The quantitative estimate of drug-likeness (QED) is 0.582. The average molecular weight is 168 g/mol. The second-order valence-corrected chi connectivity index (χ2v) is 5.10. The van der Waals surface area contributed by atoms with E-state index in [0.29, 0.717) is 11.0 Å². The zero-order chi connectivity index (χ0) is 8.82. The molecule has 12 heavy (non-hydrogen) atoms. The number of rotatable bonds is 0. The Morgan fingerprint density at radius 2 is 2.00 bits per heavy atom. The molecule has 2 aliphatic rings. The van der Waals surface area contributed by atoms with Crippen LogP contribution in [0, 0.1) is 5.41 Å². The maximum atomic E-state index is 3.69. The van der Waals surface area contributed by atoms with Crippen LogP contribution in [0.25, 0.3) is 0 Å². The van der Waals surface area contributed by atoms with Crippen molar-refractivity contribution < 1.29 is 0 Å². The van der Waals surface area contributed by atoms with E-state index >= 15 is 0 Å². The number of fused-ring (bicyclic) bond motifs is 1. The third-order valence-electron chi connectivity index (χ3n) is 3.96. The number of hydrogen-bond donors (Lipinski definition) is 1. The van der Waals surface area contributed by atoms with Gasteiger partial charge in [0.25, 0.3) is 0 Å². The van der Waals surface area contributed by atoms with Crippen LogP contribution in [-0.4, -0.2) is 37.1 Å². The fourth-order valence-corrected chi connectivity index (χ4v) is 3.02. The van der Waals surface area contributed by atoms with Crippen molar-refractivity contribution in [2.75, 3.05) is 26.7 Å². The number of hydrogen-bond acceptors (Lipinski definition) is 2. The molecule has 2 atom stereocenters. The first-order valence-corrected chi connectivity index (χ1v) is 4.99. The molecule has 1 N–H and O–H groups in total. The van der Waals surface area contributed by atoms with E-state index in [9.17, 15) is 0 Å². The van der Waals surface area contributed by atoms with Crippen molar-refractivity contribution in [1.29, 1.82) is 0 Å². The molecule has 0 saturated carbocycles. The summed E-state index contributed by atoms with van der Waals surface area (Å²) in [7, 11) is 2.23. The van der Waals surface area contributed by atoms with Crippen molar-refractivity contribution in [1.82, 2.24) is 10.2 Å². The lowest BCUT2D eigenvalue weighted by Crippen LogP contribution is -2.58. The molecule has 0 aromatic rings. The molecule has 2 heterocycles. The largest absolute Gasteiger partial charge is 0.310 e. The first-order valence-electron chi connectivity index (χ1n) is 4.99. The Kier molecular flexibility index (Phi) is 1.74. The standard InChI is InChI=1S/C10H20N2/c1-9-5-4-6-11-10(9,2)8-12(3)7-9/h11H,4-8H2,1-3H3/t9-,10+/m0/s1. The van der Waals surface area contributed by atoms with Crippen molar-refractivity contribution in [2.24, 2.45) is 5.41 Å². The summed E-state index contributed by atoms with van der Waals surface area (Å²) in [6, 6.07) is 0. The lowest BCUT2D eigenvalue weighted by Gasteiger charge is -2.45. The maximum absolute atomic E-state index is 3.69. The summed E-state index contributed by atoms with van der Waals surface area (Å²) in [5, 5.41) is 3.69. The van der Waals surface area contributed by atoms with Gasteiger partial charge in [-0.2, -0.15) is 0 Å². The summed E-state index contributed by atoms with van der Waals surface area (Å²) in [6.45, 7) is 8.50. The van der Waals surface area contributed by atoms with E-state index in [1.807, 2.05) is 0 Å². The van der Waals surface area contributed by atoms with Gasteiger partial charge in [-0.25, -0.2) is 0 Å². The van der Waals surface area contributed by atoms with Crippen molar-refractivity contribution >= 4 is 0 Å². The fraction of sp³-hybridized carbons (Fsp3) is 1.00. The summed E-state index contributed by atoms with van der Waals surface area (Å²) in [4.78, 5) is 2.46. The lowest BCUT2D eigenvalue weighted by molar-refractivity contribution is 0.126. The molecule has 0 spiro atoms. The SMILES string of the molecule is CN1C[C@]2(C)CCCN[C@]2(C)C1. The molecule has 70 valence electrons. The molecule has 0 aliphatic carbocycles. The number of piperidine rings is 1. The van der Waals surface area contributed by atoms with E-state index in [-0.39, 0.29) is 0 Å². The number of likely N-dealkylation sites (tertiary alicyclic amines) is 1. The predicted molar refractivity (Wildman–Crippen MR) is 51.2 cm³/mol. The van der Waals surface area contributed by atoms with Crippen LogP contribution in [0.4, 0.5) is 0 Å². The minimum atomic E-state index is 0.375. The van der Waals surface area contributed by atoms with Crippen LogP contribution < -0.4 is 5.32 Å². The molecule has 2 saturated heterocycles. The van der Waals surface area contributed by atoms with E-state index in [0.717, 1.165) is 0 Å². The molecular weight excluding hydrogens is 148 g/mol. The van der Waals surface area contributed by atoms with E-state index in [1.54, 1.807) is 0 Å². The van der Waals surface area contributed by atoms with Gasteiger partial charge in [-0.3, -0.25) is 0 Å². The molecule has 0 aromatic carbocycles. The number of likely N-dealkylation sites (N-methyl/N-ethyl adjacent to an activating group) is 1.